The fourth-order valence-corrected chi connectivity index (χ4v) is 3.24. The zero-order chi connectivity index (χ0) is 15.9. The van der Waals surface area contributed by atoms with E-state index in [-0.39, 0.29) is 48.5 Å². The number of hydrogen-bond acceptors (Lipinski definition) is 4. The molecule has 1 unspecified atom stereocenters. The molecule has 120 valence electrons. The number of likely N-dealkylation sites (tertiary alicyclic amines) is 1. The molecule has 6 nitrogen and oxygen atoms in total. The van der Waals surface area contributed by atoms with Crippen LogP contribution in [0.2, 0.25) is 0 Å². The van der Waals surface area contributed by atoms with E-state index in [1.807, 2.05) is 0 Å². The minimum absolute atomic E-state index is 0.0311. The number of aromatic nitrogens is 2. The molecule has 1 atom stereocenters. The number of aromatic amines is 1. The number of nitrogens with zero attached hydrogens (tertiary/aromatic N) is 2. The summed E-state index contributed by atoms with van der Waals surface area (Å²) < 4.78 is 25.6. The molecule has 0 spiro atoms. The second-order valence-corrected chi connectivity index (χ2v) is 6.22. The van der Waals surface area contributed by atoms with Crippen molar-refractivity contribution in [2.45, 2.75) is 37.5 Å². The molecule has 0 aromatic carbocycles. The molecule has 1 saturated carbocycles. The van der Waals surface area contributed by atoms with E-state index in [9.17, 15) is 18.4 Å². The Morgan fingerprint density at radius 1 is 1.50 bits per heavy atom. The van der Waals surface area contributed by atoms with Crippen molar-refractivity contribution in [1.82, 2.24) is 14.9 Å². The predicted molar refractivity (Wildman–Crippen MR) is 75.5 cm³/mol. The van der Waals surface area contributed by atoms with E-state index in [0.29, 0.717) is 25.2 Å². The summed E-state index contributed by atoms with van der Waals surface area (Å²) in [5.74, 6) is -2.87. The van der Waals surface area contributed by atoms with Crippen LogP contribution < -0.4 is 11.3 Å². The van der Waals surface area contributed by atoms with Gasteiger partial charge in [0.2, 0.25) is 17.8 Å². The third-order valence-corrected chi connectivity index (χ3v) is 4.38. The number of nitrogen functional groups attached to an aromatic ring is 1. The Hall–Kier alpha value is -1.99. The Morgan fingerprint density at radius 3 is 2.86 bits per heavy atom. The van der Waals surface area contributed by atoms with Gasteiger partial charge in [-0.3, -0.25) is 14.6 Å². The molecule has 2 fully saturated rings. The standard InChI is InChI=1S/C14H18F2N4O2/c15-14(16)5-8(6-14)3-12(22)20-2-1-9(7-20)10-4-11(21)19-13(17)18-10/h4,8-9H,1-3,5-7H2,(H3,17,18,19,21). The molecule has 1 aromatic rings. The maximum Gasteiger partial charge on any atom is 0.252 e. The van der Waals surface area contributed by atoms with Gasteiger partial charge in [0, 0.05) is 44.3 Å². The Balaban J connectivity index is 1.58. The number of anilines is 1. The van der Waals surface area contributed by atoms with E-state index >= 15 is 0 Å². The normalized spacial score (nSPS) is 24.3. The van der Waals surface area contributed by atoms with Crippen molar-refractivity contribution in [3.63, 3.8) is 0 Å². The Bertz CT molecular complexity index is 638. The monoisotopic (exact) mass is 312 g/mol. The topological polar surface area (TPSA) is 92.1 Å². The van der Waals surface area contributed by atoms with Gasteiger partial charge in [0.25, 0.3) is 5.56 Å². The number of nitrogens with one attached hydrogen (secondary N) is 1. The van der Waals surface area contributed by atoms with Crippen molar-refractivity contribution in [2.24, 2.45) is 5.92 Å². The van der Waals surface area contributed by atoms with Crippen molar-refractivity contribution in [3.05, 3.63) is 22.1 Å². The summed E-state index contributed by atoms with van der Waals surface area (Å²) in [6.07, 6.45) is 0.486. The highest BCUT2D eigenvalue weighted by Crippen LogP contribution is 2.44. The van der Waals surface area contributed by atoms with E-state index in [1.165, 1.54) is 6.07 Å². The summed E-state index contributed by atoms with van der Waals surface area (Å²) >= 11 is 0. The average molecular weight is 312 g/mol. The molecule has 3 N–H and O–H groups in total. The zero-order valence-corrected chi connectivity index (χ0v) is 12.0. The Morgan fingerprint density at radius 2 is 2.23 bits per heavy atom. The van der Waals surface area contributed by atoms with Gasteiger partial charge >= 0.3 is 0 Å². The first-order chi connectivity index (χ1) is 10.3. The number of rotatable bonds is 3. The second kappa shape index (κ2) is 5.33. The third-order valence-electron chi connectivity index (χ3n) is 4.38. The van der Waals surface area contributed by atoms with Crippen LogP contribution in [0.5, 0.6) is 0 Å². The van der Waals surface area contributed by atoms with Gasteiger partial charge in [-0.2, -0.15) is 0 Å². The van der Waals surface area contributed by atoms with Crippen LogP contribution >= 0.6 is 0 Å². The van der Waals surface area contributed by atoms with Gasteiger partial charge < -0.3 is 10.6 Å². The molecule has 8 heteroatoms. The molecule has 0 radical (unpaired) electrons. The molecule has 1 saturated heterocycles. The molecule has 3 rings (SSSR count). The van der Waals surface area contributed by atoms with Crippen LogP contribution in [-0.4, -0.2) is 39.8 Å². The number of carbonyl (C=O) groups is 1. The number of nitrogens with two attached hydrogens (primary N) is 1. The van der Waals surface area contributed by atoms with Gasteiger partial charge in [-0.15, -0.1) is 0 Å². The summed E-state index contributed by atoms with van der Waals surface area (Å²) in [5, 5.41) is 0. The van der Waals surface area contributed by atoms with Crippen LogP contribution in [0.1, 0.15) is 37.3 Å². The highest BCUT2D eigenvalue weighted by atomic mass is 19.3. The van der Waals surface area contributed by atoms with Crippen molar-refractivity contribution < 1.29 is 13.6 Å². The largest absolute Gasteiger partial charge is 0.369 e. The smallest absolute Gasteiger partial charge is 0.252 e. The number of alkyl halides is 2. The van der Waals surface area contributed by atoms with Crippen molar-refractivity contribution in [2.75, 3.05) is 18.8 Å². The highest BCUT2D eigenvalue weighted by molar-refractivity contribution is 5.77. The van der Waals surface area contributed by atoms with Gasteiger partial charge in [-0.25, -0.2) is 13.8 Å². The van der Waals surface area contributed by atoms with Crippen LogP contribution in [0.4, 0.5) is 14.7 Å². The lowest BCUT2D eigenvalue weighted by molar-refractivity contribution is -0.141. The molecule has 1 aliphatic carbocycles. The first-order valence-corrected chi connectivity index (χ1v) is 7.35. The maximum absolute atomic E-state index is 12.8. The van der Waals surface area contributed by atoms with E-state index < -0.39 is 5.92 Å². The molecule has 1 amide bonds. The molecule has 1 aliphatic heterocycles. The molecule has 0 bridgehead atoms. The molecular weight excluding hydrogens is 294 g/mol. The molecule has 2 aliphatic rings. The van der Waals surface area contributed by atoms with Crippen LogP contribution in [-0.2, 0) is 4.79 Å². The number of carbonyl (C=O) groups excluding carboxylic acids is 1. The molecule has 1 aromatic heterocycles. The fourth-order valence-electron chi connectivity index (χ4n) is 3.24. The fraction of sp³-hybridized carbons (Fsp3) is 0.643. The number of amides is 1. The second-order valence-electron chi connectivity index (χ2n) is 6.22. The lowest BCUT2D eigenvalue weighted by atomic mass is 9.79. The summed E-state index contributed by atoms with van der Waals surface area (Å²) in [7, 11) is 0. The minimum Gasteiger partial charge on any atom is -0.369 e. The summed E-state index contributed by atoms with van der Waals surface area (Å²) in [4.78, 5) is 31.7. The third kappa shape index (κ3) is 3.10. The van der Waals surface area contributed by atoms with Gasteiger partial charge in [0.15, 0.2) is 0 Å². The minimum atomic E-state index is -2.59. The SMILES string of the molecule is Nc1nc(C2CCN(C(=O)CC3CC(F)(F)C3)C2)cc(=O)[nH]1. The summed E-state index contributed by atoms with van der Waals surface area (Å²) in [6.45, 7) is 1.01. The van der Waals surface area contributed by atoms with Crippen molar-refractivity contribution in [1.29, 1.82) is 0 Å². The molecular formula is C14H18F2N4O2. The zero-order valence-electron chi connectivity index (χ0n) is 12.0. The average Bonchev–Trinajstić information content (AvgIpc) is 2.84. The first kappa shape index (κ1) is 14.9. The van der Waals surface area contributed by atoms with E-state index in [2.05, 4.69) is 9.97 Å². The van der Waals surface area contributed by atoms with E-state index in [4.69, 9.17) is 5.73 Å². The van der Waals surface area contributed by atoms with Gasteiger partial charge in [-0.1, -0.05) is 0 Å². The number of H-pyrrole nitrogens is 1. The van der Waals surface area contributed by atoms with Gasteiger partial charge in [0.1, 0.15) is 0 Å². The van der Waals surface area contributed by atoms with E-state index in [1.54, 1.807) is 4.90 Å². The first-order valence-electron chi connectivity index (χ1n) is 7.35. The lowest BCUT2D eigenvalue weighted by Crippen LogP contribution is -2.39. The number of hydrogen-bond donors (Lipinski definition) is 2. The van der Waals surface area contributed by atoms with Crippen molar-refractivity contribution in [3.8, 4) is 0 Å². The van der Waals surface area contributed by atoms with Gasteiger partial charge in [-0.05, 0) is 12.3 Å². The van der Waals surface area contributed by atoms with Crippen LogP contribution in [0.25, 0.3) is 0 Å². The van der Waals surface area contributed by atoms with Crippen LogP contribution in [0.3, 0.4) is 0 Å². The summed E-state index contributed by atoms with van der Waals surface area (Å²) in [5.41, 5.74) is 5.78. The highest BCUT2D eigenvalue weighted by Gasteiger charge is 2.46. The molecule has 22 heavy (non-hydrogen) atoms. The predicted octanol–water partition coefficient (Wildman–Crippen LogP) is 1.10. The Kier molecular flexibility index (Phi) is 3.62. The Labute approximate surface area is 125 Å². The van der Waals surface area contributed by atoms with Crippen LogP contribution in [0, 0.1) is 5.92 Å². The van der Waals surface area contributed by atoms with Crippen molar-refractivity contribution >= 4 is 11.9 Å². The molecule has 2 heterocycles. The summed E-state index contributed by atoms with van der Waals surface area (Å²) in [6, 6.07) is 1.39. The maximum atomic E-state index is 12.8. The number of halogens is 2. The van der Waals surface area contributed by atoms with E-state index in [0.717, 1.165) is 0 Å². The van der Waals surface area contributed by atoms with Gasteiger partial charge in [0.05, 0.1) is 5.69 Å². The quantitative estimate of drug-likeness (QED) is 0.874. The lowest BCUT2D eigenvalue weighted by Gasteiger charge is -2.35. The van der Waals surface area contributed by atoms with Crippen LogP contribution in [0.15, 0.2) is 10.9 Å².